The van der Waals surface area contributed by atoms with Gasteiger partial charge in [-0.1, -0.05) is 17.7 Å². The topological polar surface area (TPSA) is 63.3 Å². The van der Waals surface area contributed by atoms with Gasteiger partial charge in [0.15, 0.2) is 6.39 Å². The van der Waals surface area contributed by atoms with Gasteiger partial charge in [0.1, 0.15) is 11.5 Å². The van der Waals surface area contributed by atoms with E-state index in [1.807, 2.05) is 32.0 Å². The quantitative estimate of drug-likeness (QED) is 0.899. The van der Waals surface area contributed by atoms with Crippen LogP contribution in [-0.4, -0.2) is 16.1 Å². The Bertz CT molecular complexity index is 572. The molecule has 0 saturated carbocycles. The van der Waals surface area contributed by atoms with Gasteiger partial charge in [-0.2, -0.15) is 0 Å². The average Bonchev–Trinajstić information content (AvgIpc) is 2.77. The molecule has 0 bridgehead atoms. The molecule has 1 aromatic carbocycles. The van der Waals surface area contributed by atoms with Crippen LogP contribution in [0.1, 0.15) is 23.3 Å². The van der Waals surface area contributed by atoms with Crippen LogP contribution in [0.25, 0.3) is 11.3 Å². The highest BCUT2D eigenvalue weighted by atomic mass is 16.4. The number of aryl methyl sites for hydroxylation is 3. The summed E-state index contributed by atoms with van der Waals surface area (Å²) in [5.41, 5.74) is 4.00. The van der Waals surface area contributed by atoms with Gasteiger partial charge in [-0.25, -0.2) is 4.98 Å². The third kappa shape index (κ3) is 2.59. The number of nitrogens with zero attached hydrogens (tertiary/aromatic N) is 1. The second kappa shape index (κ2) is 5.04. The molecule has 0 saturated heterocycles. The first-order valence-electron chi connectivity index (χ1n) is 5.79. The van der Waals surface area contributed by atoms with Crippen molar-refractivity contribution in [2.75, 3.05) is 0 Å². The van der Waals surface area contributed by atoms with Crippen LogP contribution in [0, 0.1) is 13.8 Å². The molecule has 0 unspecified atom stereocenters. The zero-order valence-electron chi connectivity index (χ0n) is 10.4. The molecule has 0 aliphatic heterocycles. The minimum atomic E-state index is -0.835. The summed E-state index contributed by atoms with van der Waals surface area (Å²) in [6, 6.07) is 6.10. The summed E-state index contributed by atoms with van der Waals surface area (Å²) in [7, 11) is 0. The van der Waals surface area contributed by atoms with Gasteiger partial charge < -0.3 is 9.52 Å². The van der Waals surface area contributed by atoms with Crippen molar-refractivity contribution in [1.82, 2.24) is 4.98 Å². The first-order chi connectivity index (χ1) is 8.58. The minimum Gasteiger partial charge on any atom is -0.481 e. The Balaban J connectivity index is 2.36. The van der Waals surface area contributed by atoms with Crippen molar-refractivity contribution < 1.29 is 14.3 Å². The Kier molecular flexibility index (Phi) is 3.46. The number of oxazole rings is 1. The van der Waals surface area contributed by atoms with Crippen LogP contribution in [0.5, 0.6) is 0 Å². The third-order valence-corrected chi connectivity index (χ3v) is 2.86. The summed E-state index contributed by atoms with van der Waals surface area (Å²) in [6.07, 6.45) is 1.78. The number of carboxylic acid groups (broad SMARTS) is 1. The Morgan fingerprint density at radius 3 is 2.89 bits per heavy atom. The number of benzene rings is 1. The van der Waals surface area contributed by atoms with Crippen LogP contribution in [0.15, 0.2) is 29.0 Å². The molecule has 0 aliphatic rings. The SMILES string of the molecule is Cc1ccc(C)c(-c2ncoc2CCC(=O)O)c1. The van der Waals surface area contributed by atoms with E-state index in [1.54, 1.807) is 0 Å². The lowest BCUT2D eigenvalue weighted by Crippen LogP contribution is -1.98. The predicted molar refractivity (Wildman–Crippen MR) is 67.4 cm³/mol. The maximum atomic E-state index is 10.6. The van der Waals surface area contributed by atoms with E-state index < -0.39 is 5.97 Å². The molecule has 1 heterocycles. The molecule has 1 aromatic heterocycles. The fourth-order valence-corrected chi connectivity index (χ4v) is 1.88. The summed E-state index contributed by atoms with van der Waals surface area (Å²) >= 11 is 0. The van der Waals surface area contributed by atoms with Crippen molar-refractivity contribution in [3.8, 4) is 11.3 Å². The van der Waals surface area contributed by atoms with Crippen molar-refractivity contribution in [3.05, 3.63) is 41.5 Å². The lowest BCUT2D eigenvalue weighted by molar-refractivity contribution is -0.137. The fourth-order valence-electron chi connectivity index (χ4n) is 1.88. The van der Waals surface area contributed by atoms with Crippen molar-refractivity contribution in [2.45, 2.75) is 26.7 Å². The van der Waals surface area contributed by atoms with Crippen molar-refractivity contribution in [2.24, 2.45) is 0 Å². The Morgan fingerprint density at radius 2 is 2.17 bits per heavy atom. The maximum Gasteiger partial charge on any atom is 0.303 e. The number of aliphatic carboxylic acids is 1. The summed E-state index contributed by atoms with van der Waals surface area (Å²) in [6.45, 7) is 4.02. The number of rotatable bonds is 4. The number of hydrogen-bond donors (Lipinski definition) is 1. The second-order valence-corrected chi connectivity index (χ2v) is 4.34. The molecule has 2 aromatic rings. The van der Waals surface area contributed by atoms with Crippen molar-refractivity contribution >= 4 is 5.97 Å². The van der Waals surface area contributed by atoms with Gasteiger partial charge in [0.25, 0.3) is 0 Å². The Hall–Kier alpha value is -2.10. The molecule has 4 nitrogen and oxygen atoms in total. The van der Waals surface area contributed by atoms with E-state index >= 15 is 0 Å². The molecule has 2 rings (SSSR count). The van der Waals surface area contributed by atoms with E-state index in [1.165, 1.54) is 6.39 Å². The highest BCUT2D eigenvalue weighted by molar-refractivity contribution is 5.69. The van der Waals surface area contributed by atoms with Crippen LogP contribution in [0.3, 0.4) is 0 Å². The first kappa shape index (κ1) is 12.4. The molecule has 94 valence electrons. The predicted octanol–water partition coefficient (Wildman–Crippen LogP) is 2.98. The summed E-state index contributed by atoms with van der Waals surface area (Å²) in [4.78, 5) is 14.8. The van der Waals surface area contributed by atoms with Crippen LogP contribution >= 0.6 is 0 Å². The Labute approximate surface area is 105 Å². The van der Waals surface area contributed by atoms with Crippen LogP contribution < -0.4 is 0 Å². The van der Waals surface area contributed by atoms with Crippen molar-refractivity contribution in [3.63, 3.8) is 0 Å². The Morgan fingerprint density at radius 1 is 1.39 bits per heavy atom. The highest BCUT2D eigenvalue weighted by Crippen LogP contribution is 2.27. The average molecular weight is 245 g/mol. The van der Waals surface area contributed by atoms with Gasteiger partial charge in [-0.05, 0) is 25.5 Å². The molecular formula is C14H15NO3. The van der Waals surface area contributed by atoms with Gasteiger partial charge in [0, 0.05) is 12.0 Å². The fraction of sp³-hybridized carbons (Fsp3) is 0.286. The second-order valence-electron chi connectivity index (χ2n) is 4.34. The summed E-state index contributed by atoms with van der Waals surface area (Å²) in [5, 5.41) is 8.71. The van der Waals surface area contributed by atoms with E-state index in [0.717, 1.165) is 22.4 Å². The monoisotopic (exact) mass is 245 g/mol. The number of hydrogen-bond acceptors (Lipinski definition) is 3. The van der Waals surface area contributed by atoms with Crippen molar-refractivity contribution in [1.29, 1.82) is 0 Å². The molecule has 0 radical (unpaired) electrons. The van der Waals surface area contributed by atoms with E-state index in [9.17, 15) is 4.79 Å². The largest absolute Gasteiger partial charge is 0.481 e. The van der Waals surface area contributed by atoms with Gasteiger partial charge in [0.2, 0.25) is 0 Å². The number of carbonyl (C=O) groups is 1. The number of aromatic nitrogens is 1. The first-order valence-corrected chi connectivity index (χ1v) is 5.79. The van der Waals surface area contributed by atoms with E-state index in [4.69, 9.17) is 9.52 Å². The summed E-state index contributed by atoms with van der Waals surface area (Å²) in [5.74, 6) is -0.204. The zero-order valence-corrected chi connectivity index (χ0v) is 10.4. The van der Waals surface area contributed by atoms with E-state index in [2.05, 4.69) is 4.98 Å². The molecule has 0 fully saturated rings. The molecule has 0 atom stereocenters. The highest BCUT2D eigenvalue weighted by Gasteiger charge is 2.14. The smallest absolute Gasteiger partial charge is 0.303 e. The maximum absolute atomic E-state index is 10.6. The third-order valence-electron chi connectivity index (χ3n) is 2.86. The molecular weight excluding hydrogens is 230 g/mol. The van der Waals surface area contributed by atoms with Gasteiger partial charge >= 0.3 is 5.97 Å². The number of carboxylic acids is 1. The molecule has 0 spiro atoms. The molecule has 18 heavy (non-hydrogen) atoms. The van der Waals surface area contributed by atoms with E-state index in [0.29, 0.717) is 12.2 Å². The standard InChI is InChI=1S/C14H15NO3/c1-9-3-4-10(2)11(7-9)14-12(18-8-15-14)5-6-13(16)17/h3-4,7-8H,5-6H2,1-2H3,(H,16,17). The van der Waals surface area contributed by atoms with Crippen LogP contribution in [0.2, 0.25) is 0 Å². The van der Waals surface area contributed by atoms with Gasteiger partial charge in [0.05, 0.1) is 6.42 Å². The van der Waals surface area contributed by atoms with Crippen LogP contribution in [0.4, 0.5) is 0 Å². The zero-order chi connectivity index (χ0) is 13.1. The lowest BCUT2D eigenvalue weighted by Gasteiger charge is -2.05. The summed E-state index contributed by atoms with van der Waals surface area (Å²) < 4.78 is 5.29. The van der Waals surface area contributed by atoms with Crippen LogP contribution in [-0.2, 0) is 11.2 Å². The van der Waals surface area contributed by atoms with Gasteiger partial charge in [-0.3, -0.25) is 4.79 Å². The lowest BCUT2D eigenvalue weighted by atomic mass is 10.0. The van der Waals surface area contributed by atoms with Gasteiger partial charge in [-0.15, -0.1) is 0 Å². The normalized spacial score (nSPS) is 10.6. The molecule has 0 amide bonds. The molecule has 0 aliphatic carbocycles. The minimum absolute atomic E-state index is 0.0487. The van der Waals surface area contributed by atoms with E-state index in [-0.39, 0.29) is 6.42 Å². The molecule has 4 heteroatoms. The molecule has 1 N–H and O–H groups in total.